The Morgan fingerprint density at radius 1 is 0.967 bits per heavy atom. The number of aromatic nitrogens is 2. The van der Waals surface area contributed by atoms with Gasteiger partial charge < -0.3 is 14.5 Å². The number of fused-ring (bicyclic) bond motifs is 1. The molecule has 0 saturated heterocycles. The van der Waals surface area contributed by atoms with Crippen LogP contribution in [0.2, 0.25) is 0 Å². The molecule has 0 radical (unpaired) electrons. The number of carbonyl (C=O) groups excluding carboxylic acids is 1. The highest BCUT2D eigenvalue weighted by Gasteiger charge is 2.12. The number of nitrogens with zero attached hydrogens (tertiary/aromatic N) is 2. The molecular formula is C23H19F2N3O2. The molecule has 5 nitrogen and oxygen atoms in total. The van der Waals surface area contributed by atoms with Gasteiger partial charge in [-0.3, -0.25) is 9.59 Å². The number of hydrogen-bond donors (Lipinski definition) is 1. The summed E-state index contributed by atoms with van der Waals surface area (Å²) in [7, 11) is 0. The quantitative estimate of drug-likeness (QED) is 0.542. The molecule has 0 fully saturated rings. The number of benzene rings is 2. The Hall–Kier alpha value is -3.74. The zero-order chi connectivity index (χ0) is 21.3. The Balaban J connectivity index is 1.59. The van der Waals surface area contributed by atoms with Gasteiger partial charge in [0.25, 0.3) is 5.56 Å². The lowest BCUT2D eigenvalue weighted by Gasteiger charge is -2.10. The SMILES string of the molecule is Cc1cccc(Cn2ccc3ccn(CC(=O)Nc4ccc(F)c(F)c4)c(=O)c32)c1. The van der Waals surface area contributed by atoms with Crippen molar-refractivity contribution in [2.24, 2.45) is 0 Å². The van der Waals surface area contributed by atoms with Gasteiger partial charge in [-0.2, -0.15) is 0 Å². The summed E-state index contributed by atoms with van der Waals surface area (Å²) in [4.78, 5) is 25.3. The second-order valence-electron chi connectivity index (χ2n) is 7.16. The molecule has 4 rings (SSSR count). The van der Waals surface area contributed by atoms with Gasteiger partial charge in [-0.15, -0.1) is 0 Å². The molecule has 0 saturated carbocycles. The van der Waals surface area contributed by atoms with Crippen LogP contribution in [0.4, 0.5) is 14.5 Å². The molecule has 2 aromatic heterocycles. The first-order valence-corrected chi connectivity index (χ1v) is 9.39. The first-order valence-electron chi connectivity index (χ1n) is 9.39. The number of nitrogens with one attached hydrogen (secondary N) is 1. The third-order valence-corrected chi connectivity index (χ3v) is 4.84. The first kappa shape index (κ1) is 19.6. The minimum atomic E-state index is -1.06. The van der Waals surface area contributed by atoms with Crippen LogP contribution in [0.1, 0.15) is 11.1 Å². The van der Waals surface area contributed by atoms with Crippen LogP contribution in [0.3, 0.4) is 0 Å². The number of rotatable bonds is 5. The minimum Gasteiger partial charge on any atom is -0.339 e. The third-order valence-electron chi connectivity index (χ3n) is 4.84. The molecule has 0 spiro atoms. The van der Waals surface area contributed by atoms with Gasteiger partial charge >= 0.3 is 0 Å². The monoisotopic (exact) mass is 407 g/mol. The second kappa shape index (κ2) is 7.94. The maximum absolute atomic E-state index is 13.3. The highest BCUT2D eigenvalue weighted by atomic mass is 19.2. The molecule has 0 aliphatic rings. The van der Waals surface area contributed by atoms with Crippen molar-refractivity contribution in [3.8, 4) is 0 Å². The molecule has 1 amide bonds. The number of pyridine rings is 1. The fourth-order valence-corrected chi connectivity index (χ4v) is 3.44. The van der Waals surface area contributed by atoms with E-state index in [1.54, 1.807) is 12.3 Å². The lowest BCUT2D eigenvalue weighted by Crippen LogP contribution is -2.28. The Labute approximate surface area is 171 Å². The molecule has 7 heteroatoms. The van der Waals surface area contributed by atoms with Crippen LogP contribution in [-0.4, -0.2) is 15.0 Å². The Morgan fingerprint density at radius 3 is 2.47 bits per heavy atom. The van der Waals surface area contributed by atoms with Gasteiger partial charge in [-0.05, 0) is 36.8 Å². The molecule has 2 heterocycles. The van der Waals surface area contributed by atoms with Gasteiger partial charge in [0, 0.05) is 36.1 Å². The van der Waals surface area contributed by atoms with Crippen molar-refractivity contribution in [2.75, 3.05) is 5.32 Å². The van der Waals surface area contributed by atoms with E-state index in [0.29, 0.717) is 12.1 Å². The van der Waals surface area contributed by atoms with E-state index in [4.69, 9.17) is 0 Å². The third kappa shape index (κ3) is 4.00. The van der Waals surface area contributed by atoms with E-state index in [9.17, 15) is 18.4 Å². The summed E-state index contributed by atoms with van der Waals surface area (Å²) in [5.41, 5.74) is 2.52. The van der Waals surface area contributed by atoms with Gasteiger partial charge in [-0.1, -0.05) is 29.8 Å². The van der Waals surface area contributed by atoms with Crippen LogP contribution in [0, 0.1) is 18.6 Å². The summed E-state index contributed by atoms with van der Waals surface area (Å²) in [6, 6.07) is 14.8. The van der Waals surface area contributed by atoms with Crippen molar-refractivity contribution in [3.63, 3.8) is 0 Å². The molecule has 30 heavy (non-hydrogen) atoms. The summed E-state index contributed by atoms with van der Waals surface area (Å²) in [5, 5.41) is 3.26. The number of carbonyl (C=O) groups is 1. The fourth-order valence-electron chi connectivity index (χ4n) is 3.44. The minimum absolute atomic E-state index is 0.121. The maximum atomic E-state index is 13.3. The molecule has 0 aliphatic carbocycles. The summed E-state index contributed by atoms with van der Waals surface area (Å²) < 4.78 is 29.5. The van der Waals surface area contributed by atoms with Crippen molar-refractivity contribution in [3.05, 3.63) is 100 Å². The lowest BCUT2D eigenvalue weighted by atomic mass is 10.1. The Bertz CT molecular complexity index is 1310. The summed E-state index contributed by atoms with van der Waals surface area (Å²) >= 11 is 0. The molecule has 1 N–H and O–H groups in total. The number of amides is 1. The van der Waals surface area contributed by atoms with Crippen LogP contribution >= 0.6 is 0 Å². The zero-order valence-corrected chi connectivity index (χ0v) is 16.2. The topological polar surface area (TPSA) is 56.0 Å². The average molecular weight is 407 g/mol. The van der Waals surface area contributed by atoms with E-state index in [1.165, 1.54) is 10.6 Å². The van der Waals surface area contributed by atoms with Crippen molar-refractivity contribution in [1.82, 2.24) is 9.13 Å². The summed E-state index contributed by atoms with van der Waals surface area (Å²) in [6.45, 7) is 2.30. The molecule has 0 bridgehead atoms. The lowest BCUT2D eigenvalue weighted by molar-refractivity contribution is -0.116. The molecule has 2 aromatic carbocycles. The smallest absolute Gasteiger partial charge is 0.275 e. The average Bonchev–Trinajstić information content (AvgIpc) is 3.10. The van der Waals surface area contributed by atoms with E-state index >= 15 is 0 Å². The molecule has 0 atom stereocenters. The summed E-state index contributed by atoms with van der Waals surface area (Å²) in [5.74, 6) is -2.57. The zero-order valence-electron chi connectivity index (χ0n) is 16.2. The van der Waals surface area contributed by atoms with Gasteiger partial charge in [0.1, 0.15) is 12.1 Å². The predicted molar refractivity (Wildman–Crippen MR) is 111 cm³/mol. The molecule has 4 aromatic rings. The molecule has 0 aliphatic heterocycles. The van der Waals surface area contributed by atoms with E-state index in [0.717, 1.165) is 28.6 Å². The predicted octanol–water partition coefficient (Wildman–Crippen LogP) is 4.08. The normalized spacial score (nSPS) is 11.0. The summed E-state index contributed by atoms with van der Waals surface area (Å²) in [6.07, 6.45) is 3.40. The van der Waals surface area contributed by atoms with Crippen LogP contribution in [0.15, 0.2) is 71.8 Å². The van der Waals surface area contributed by atoms with Crippen LogP contribution in [0.5, 0.6) is 0 Å². The maximum Gasteiger partial charge on any atom is 0.275 e. The van der Waals surface area contributed by atoms with Crippen LogP contribution in [0.25, 0.3) is 10.9 Å². The van der Waals surface area contributed by atoms with Crippen LogP contribution in [-0.2, 0) is 17.9 Å². The molecule has 0 unspecified atom stereocenters. The van der Waals surface area contributed by atoms with Gasteiger partial charge in [0.2, 0.25) is 5.91 Å². The largest absolute Gasteiger partial charge is 0.339 e. The van der Waals surface area contributed by atoms with E-state index in [2.05, 4.69) is 11.4 Å². The van der Waals surface area contributed by atoms with E-state index in [1.807, 2.05) is 42.0 Å². The molecule has 152 valence electrons. The van der Waals surface area contributed by atoms with E-state index in [-0.39, 0.29) is 17.8 Å². The Kier molecular flexibility index (Phi) is 5.18. The van der Waals surface area contributed by atoms with Crippen LogP contribution < -0.4 is 10.9 Å². The van der Waals surface area contributed by atoms with Gasteiger partial charge in [-0.25, -0.2) is 8.78 Å². The fraction of sp³-hybridized carbons (Fsp3) is 0.130. The number of hydrogen-bond acceptors (Lipinski definition) is 2. The van der Waals surface area contributed by atoms with Crippen molar-refractivity contribution in [2.45, 2.75) is 20.0 Å². The second-order valence-corrected chi connectivity index (χ2v) is 7.16. The standard InChI is InChI=1S/C23H19F2N3O2/c1-15-3-2-4-16(11-15)13-27-9-7-17-8-10-28(23(30)22(17)27)14-21(29)26-18-5-6-19(24)20(25)12-18/h2-12H,13-14H2,1H3,(H,26,29). The highest BCUT2D eigenvalue weighted by molar-refractivity contribution is 5.90. The molecular weight excluding hydrogens is 388 g/mol. The van der Waals surface area contributed by atoms with Gasteiger partial charge in [0.05, 0.1) is 0 Å². The van der Waals surface area contributed by atoms with Gasteiger partial charge in [0.15, 0.2) is 11.6 Å². The van der Waals surface area contributed by atoms with E-state index < -0.39 is 17.5 Å². The van der Waals surface area contributed by atoms with Crippen molar-refractivity contribution >= 4 is 22.5 Å². The number of halogens is 2. The Morgan fingerprint density at radius 2 is 1.73 bits per heavy atom. The first-order chi connectivity index (χ1) is 14.4. The highest BCUT2D eigenvalue weighted by Crippen LogP contribution is 2.15. The number of anilines is 1. The van der Waals surface area contributed by atoms with Crippen molar-refractivity contribution < 1.29 is 13.6 Å². The number of aryl methyl sites for hydroxylation is 1. The van der Waals surface area contributed by atoms with Crippen molar-refractivity contribution in [1.29, 1.82) is 0 Å².